The van der Waals surface area contributed by atoms with Gasteiger partial charge in [-0.05, 0) is 36.6 Å². The van der Waals surface area contributed by atoms with E-state index in [1.165, 1.54) is 23.9 Å². The van der Waals surface area contributed by atoms with Gasteiger partial charge in [-0.25, -0.2) is 4.39 Å². The molecule has 1 aliphatic heterocycles. The number of nitrogens with one attached hydrogen (secondary N) is 1. The monoisotopic (exact) mass is 415 g/mol. The molecule has 0 aliphatic carbocycles. The Hall–Kier alpha value is -3.07. The number of amides is 1. The van der Waals surface area contributed by atoms with Crippen molar-refractivity contribution in [3.63, 3.8) is 0 Å². The summed E-state index contributed by atoms with van der Waals surface area (Å²) >= 11 is 1.51. The van der Waals surface area contributed by atoms with E-state index in [0.29, 0.717) is 54.1 Å². The van der Waals surface area contributed by atoms with Crippen molar-refractivity contribution in [2.45, 2.75) is 17.7 Å². The van der Waals surface area contributed by atoms with Gasteiger partial charge in [0.2, 0.25) is 17.6 Å². The minimum Gasteiger partial charge on any atom is -0.486 e. The van der Waals surface area contributed by atoms with E-state index in [1.807, 2.05) is 12.3 Å². The van der Waals surface area contributed by atoms with Gasteiger partial charge in [0.25, 0.3) is 0 Å². The summed E-state index contributed by atoms with van der Waals surface area (Å²) in [5.74, 6) is 1.48. The second-order valence-electron chi connectivity index (χ2n) is 6.26. The molecule has 1 aromatic heterocycles. The summed E-state index contributed by atoms with van der Waals surface area (Å²) in [4.78, 5) is 17.6. The lowest BCUT2D eigenvalue weighted by Gasteiger charge is -2.20. The summed E-state index contributed by atoms with van der Waals surface area (Å²) in [6, 6.07) is 9.44. The molecule has 4 rings (SSSR count). The Morgan fingerprint density at radius 3 is 2.62 bits per heavy atom. The average Bonchev–Trinajstić information content (AvgIpc) is 3.21. The fraction of sp³-hybridized carbons (Fsp3) is 0.250. The Morgan fingerprint density at radius 2 is 1.90 bits per heavy atom. The van der Waals surface area contributed by atoms with Crippen LogP contribution in [0, 0.1) is 5.82 Å². The van der Waals surface area contributed by atoms with Gasteiger partial charge >= 0.3 is 0 Å². The van der Waals surface area contributed by atoms with Gasteiger partial charge < -0.3 is 19.3 Å². The van der Waals surface area contributed by atoms with Gasteiger partial charge in [-0.15, -0.1) is 11.8 Å². The van der Waals surface area contributed by atoms with E-state index in [0.717, 1.165) is 4.90 Å². The zero-order chi connectivity index (χ0) is 20.2. The molecule has 0 atom stereocenters. The third-order valence-electron chi connectivity index (χ3n) is 4.27. The molecule has 0 saturated heterocycles. The van der Waals surface area contributed by atoms with Crippen LogP contribution in [0.1, 0.15) is 12.3 Å². The zero-order valence-corrected chi connectivity index (χ0v) is 16.4. The van der Waals surface area contributed by atoms with Crippen molar-refractivity contribution in [2.75, 3.05) is 24.8 Å². The van der Waals surface area contributed by atoms with E-state index in [9.17, 15) is 9.18 Å². The molecule has 0 radical (unpaired) electrons. The first-order valence-electron chi connectivity index (χ1n) is 8.98. The topological polar surface area (TPSA) is 86.5 Å². The summed E-state index contributed by atoms with van der Waals surface area (Å²) in [7, 11) is 0. The number of fused-ring (bicyclic) bond motifs is 1. The van der Waals surface area contributed by atoms with E-state index >= 15 is 0 Å². The van der Waals surface area contributed by atoms with E-state index in [2.05, 4.69) is 15.5 Å². The predicted octanol–water partition coefficient (Wildman–Crippen LogP) is 3.94. The summed E-state index contributed by atoms with van der Waals surface area (Å²) in [5, 5.41) is 6.78. The average molecular weight is 415 g/mol. The highest BCUT2D eigenvalue weighted by Crippen LogP contribution is 2.39. The highest BCUT2D eigenvalue weighted by Gasteiger charge is 2.17. The van der Waals surface area contributed by atoms with Crippen LogP contribution < -0.4 is 14.8 Å². The second kappa shape index (κ2) is 8.52. The van der Waals surface area contributed by atoms with E-state index in [1.54, 1.807) is 18.2 Å². The molecule has 1 aliphatic rings. The van der Waals surface area contributed by atoms with E-state index in [-0.39, 0.29) is 18.1 Å². The number of anilines is 1. The minimum absolute atomic E-state index is 0.174. The number of aryl methyl sites for hydroxylation is 1. The van der Waals surface area contributed by atoms with E-state index in [4.69, 9.17) is 14.0 Å². The lowest BCUT2D eigenvalue weighted by molar-refractivity contribution is -0.116. The molecule has 9 heteroatoms. The molecule has 0 spiro atoms. The maximum Gasteiger partial charge on any atom is 0.227 e. The molecule has 2 aromatic carbocycles. The molecular formula is C20H18FN3O4S. The number of benzene rings is 2. The minimum atomic E-state index is -0.335. The quantitative estimate of drug-likeness (QED) is 0.610. The number of thioether (sulfide) groups is 1. The molecule has 3 aromatic rings. The lowest BCUT2D eigenvalue weighted by atomic mass is 10.2. The SMILES string of the molecule is CSc1cc2c(cc1NC(=O)CCc1nc(-c3ccc(F)cc3)no1)OCCO2. The second-order valence-corrected chi connectivity index (χ2v) is 7.11. The van der Waals surface area contributed by atoms with E-state index < -0.39 is 0 Å². The first-order chi connectivity index (χ1) is 14.1. The van der Waals surface area contributed by atoms with Crippen molar-refractivity contribution in [3.05, 3.63) is 48.1 Å². The van der Waals surface area contributed by atoms with Crippen molar-refractivity contribution in [1.29, 1.82) is 0 Å². The number of carbonyl (C=O) groups excluding carboxylic acids is 1. The lowest BCUT2D eigenvalue weighted by Crippen LogP contribution is -2.17. The maximum absolute atomic E-state index is 13.0. The summed E-state index contributed by atoms with van der Waals surface area (Å²) in [6.07, 6.45) is 2.39. The summed E-state index contributed by atoms with van der Waals surface area (Å²) in [6.45, 7) is 0.989. The van der Waals surface area contributed by atoms with Gasteiger partial charge in [-0.3, -0.25) is 4.79 Å². The molecule has 0 fully saturated rings. The predicted molar refractivity (Wildman–Crippen MR) is 106 cm³/mol. The number of nitrogens with zero attached hydrogens (tertiary/aromatic N) is 2. The summed E-state index contributed by atoms with van der Waals surface area (Å²) in [5.41, 5.74) is 1.32. The molecular weight excluding hydrogens is 397 g/mol. The van der Waals surface area contributed by atoms with Crippen molar-refractivity contribution >= 4 is 23.4 Å². The largest absolute Gasteiger partial charge is 0.486 e. The van der Waals surface area contributed by atoms with Crippen molar-refractivity contribution in [2.24, 2.45) is 0 Å². The molecule has 0 bridgehead atoms. The Bertz CT molecular complexity index is 1020. The fourth-order valence-electron chi connectivity index (χ4n) is 2.84. The van der Waals surface area contributed by atoms with Crippen LogP contribution in [0.4, 0.5) is 10.1 Å². The first-order valence-corrected chi connectivity index (χ1v) is 10.2. The van der Waals surface area contributed by atoms with Gasteiger partial charge in [-0.2, -0.15) is 4.98 Å². The molecule has 2 heterocycles. The number of aromatic nitrogens is 2. The van der Waals surface area contributed by atoms with Gasteiger partial charge in [-0.1, -0.05) is 5.16 Å². The molecule has 150 valence electrons. The smallest absolute Gasteiger partial charge is 0.227 e. The summed E-state index contributed by atoms with van der Waals surface area (Å²) < 4.78 is 29.4. The molecule has 1 amide bonds. The van der Waals surface area contributed by atoms with Crippen LogP contribution in [0.2, 0.25) is 0 Å². The van der Waals surface area contributed by atoms with Crippen molar-refractivity contribution in [1.82, 2.24) is 10.1 Å². The van der Waals surface area contributed by atoms with Crippen LogP contribution >= 0.6 is 11.8 Å². The normalized spacial score (nSPS) is 12.6. The van der Waals surface area contributed by atoms with Crippen LogP contribution in [-0.4, -0.2) is 35.5 Å². The number of rotatable bonds is 6. The van der Waals surface area contributed by atoms with Gasteiger partial charge in [0.1, 0.15) is 19.0 Å². The number of ether oxygens (including phenoxy) is 2. The molecule has 0 unspecified atom stereocenters. The van der Waals surface area contributed by atoms with Gasteiger partial charge in [0, 0.05) is 29.4 Å². The highest BCUT2D eigenvalue weighted by molar-refractivity contribution is 7.98. The molecule has 1 N–H and O–H groups in total. The molecule has 29 heavy (non-hydrogen) atoms. The number of hydrogen-bond acceptors (Lipinski definition) is 7. The molecule has 7 nitrogen and oxygen atoms in total. The highest BCUT2D eigenvalue weighted by atomic mass is 32.2. The number of carbonyl (C=O) groups is 1. The van der Waals surface area contributed by atoms with Gasteiger partial charge in [0.05, 0.1) is 5.69 Å². The third-order valence-corrected chi connectivity index (χ3v) is 5.05. The number of hydrogen-bond donors (Lipinski definition) is 1. The first kappa shape index (κ1) is 19.3. The van der Waals surface area contributed by atoms with Crippen LogP contribution in [0.25, 0.3) is 11.4 Å². The van der Waals surface area contributed by atoms with Crippen LogP contribution in [0.15, 0.2) is 45.8 Å². The fourth-order valence-corrected chi connectivity index (χ4v) is 3.40. The zero-order valence-electron chi connectivity index (χ0n) is 15.6. The third kappa shape index (κ3) is 4.51. The Balaban J connectivity index is 1.39. The van der Waals surface area contributed by atoms with Gasteiger partial charge in [0.15, 0.2) is 11.5 Å². The van der Waals surface area contributed by atoms with Crippen LogP contribution in [-0.2, 0) is 11.2 Å². The van der Waals surface area contributed by atoms with Crippen molar-refractivity contribution < 1.29 is 23.2 Å². The Kier molecular flexibility index (Phi) is 5.66. The Morgan fingerprint density at radius 1 is 1.17 bits per heavy atom. The van der Waals surface area contributed by atoms with Crippen LogP contribution in [0.5, 0.6) is 11.5 Å². The number of halogens is 1. The van der Waals surface area contributed by atoms with Crippen molar-refractivity contribution in [3.8, 4) is 22.9 Å². The maximum atomic E-state index is 13.0. The Labute approximate surface area is 170 Å². The van der Waals surface area contributed by atoms with Crippen LogP contribution in [0.3, 0.4) is 0 Å². The molecule has 0 saturated carbocycles. The standard InChI is InChI=1S/C20H18FN3O4S/c1-29-17-11-16-15(26-8-9-27-16)10-14(17)22-18(25)6-7-19-23-20(24-28-19)12-2-4-13(21)5-3-12/h2-5,10-11H,6-9H2,1H3,(H,22,25).